The van der Waals surface area contributed by atoms with E-state index in [0.29, 0.717) is 5.88 Å². The highest BCUT2D eigenvalue weighted by Crippen LogP contribution is 2.36. The topological polar surface area (TPSA) is 29.1 Å². The van der Waals surface area contributed by atoms with E-state index in [9.17, 15) is 4.79 Å². The monoisotopic (exact) mass is 237 g/mol. The predicted molar refractivity (Wildman–Crippen MR) is 66.0 cm³/mol. The molecule has 2 nitrogen and oxygen atoms in total. The average Bonchev–Trinajstić information content (AvgIpc) is 3.09. The first-order chi connectivity index (χ1) is 7.71. The summed E-state index contributed by atoms with van der Waals surface area (Å²) < 4.78 is 0. The predicted octanol–water partition coefficient (Wildman–Crippen LogP) is 2.75. The van der Waals surface area contributed by atoms with Crippen molar-refractivity contribution in [1.82, 2.24) is 5.32 Å². The molecule has 1 aromatic rings. The highest BCUT2D eigenvalue weighted by molar-refractivity contribution is 6.19. The Hall–Kier alpha value is -1.02. The molecule has 0 unspecified atom stereocenters. The van der Waals surface area contributed by atoms with Crippen molar-refractivity contribution in [1.29, 1.82) is 0 Å². The Balaban J connectivity index is 2.14. The van der Waals surface area contributed by atoms with Crippen molar-refractivity contribution in [3.8, 4) is 0 Å². The summed E-state index contributed by atoms with van der Waals surface area (Å²) in [7, 11) is 0. The first kappa shape index (κ1) is 11.5. The van der Waals surface area contributed by atoms with Gasteiger partial charge >= 0.3 is 0 Å². The number of nitrogens with one attached hydrogen (secondary N) is 1. The number of rotatable bonds is 4. The molecule has 1 fully saturated rings. The lowest BCUT2D eigenvalue weighted by Gasteiger charge is -2.15. The molecule has 1 aliphatic carbocycles. The lowest BCUT2D eigenvalue weighted by molar-refractivity contribution is 0.0935. The number of aryl methyl sites for hydroxylation is 1. The molecule has 0 spiro atoms. The van der Waals surface area contributed by atoms with Crippen molar-refractivity contribution in [3.63, 3.8) is 0 Å². The maximum atomic E-state index is 12.1. The number of hydrogen-bond acceptors (Lipinski definition) is 1. The molecule has 0 saturated heterocycles. The summed E-state index contributed by atoms with van der Waals surface area (Å²) in [6.45, 7) is 2.06. The van der Waals surface area contributed by atoms with Gasteiger partial charge in [-0.2, -0.15) is 0 Å². The van der Waals surface area contributed by atoms with Gasteiger partial charge in [0.1, 0.15) is 0 Å². The third-order valence-corrected chi connectivity index (χ3v) is 3.64. The third kappa shape index (κ3) is 2.22. The number of benzene rings is 1. The zero-order valence-electron chi connectivity index (χ0n) is 9.42. The van der Waals surface area contributed by atoms with E-state index in [0.717, 1.165) is 30.4 Å². The average molecular weight is 238 g/mol. The van der Waals surface area contributed by atoms with Crippen molar-refractivity contribution in [3.05, 3.63) is 35.4 Å². The molecule has 1 amide bonds. The number of carbonyl (C=O) groups excluding carboxylic acids is 1. The van der Waals surface area contributed by atoms with Crippen LogP contribution in [0.3, 0.4) is 0 Å². The van der Waals surface area contributed by atoms with Gasteiger partial charge in [0.05, 0.1) is 5.54 Å². The lowest BCUT2D eigenvalue weighted by atomic mass is 10.0. The van der Waals surface area contributed by atoms with Gasteiger partial charge in [-0.05, 0) is 30.9 Å². The quantitative estimate of drug-likeness (QED) is 0.802. The fraction of sp³-hybridized carbons (Fsp3) is 0.462. The van der Waals surface area contributed by atoms with Crippen LogP contribution in [0.25, 0.3) is 0 Å². The Kier molecular flexibility index (Phi) is 3.20. The number of carbonyl (C=O) groups is 1. The smallest absolute Gasteiger partial charge is 0.252 e. The van der Waals surface area contributed by atoms with Crippen LogP contribution in [0, 0.1) is 0 Å². The maximum absolute atomic E-state index is 12.1. The highest BCUT2D eigenvalue weighted by Gasteiger charge is 2.43. The summed E-state index contributed by atoms with van der Waals surface area (Å²) in [5.74, 6) is 0.517. The third-order valence-electron chi connectivity index (χ3n) is 3.13. The van der Waals surface area contributed by atoms with Crippen LogP contribution in [0.5, 0.6) is 0 Å². The second-order valence-electron chi connectivity index (χ2n) is 4.38. The summed E-state index contributed by atoms with van der Waals surface area (Å²) in [4.78, 5) is 12.1. The largest absolute Gasteiger partial charge is 0.345 e. The van der Waals surface area contributed by atoms with Crippen LogP contribution in [-0.4, -0.2) is 17.3 Å². The van der Waals surface area contributed by atoms with Crippen molar-refractivity contribution in [2.75, 3.05) is 5.88 Å². The van der Waals surface area contributed by atoms with Gasteiger partial charge in [0.2, 0.25) is 0 Å². The molecular formula is C13H16ClNO. The molecule has 16 heavy (non-hydrogen) atoms. The van der Waals surface area contributed by atoms with Gasteiger partial charge in [0.25, 0.3) is 5.91 Å². The van der Waals surface area contributed by atoms with Crippen LogP contribution in [0.1, 0.15) is 35.7 Å². The zero-order valence-corrected chi connectivity index (χ0v) is 10.2. The van der Waals surface area contributed by atoms with Gasteiger partial charge < -0.3 is 5.32 Å². The first-order valence-corrected chi connectivity index (χ1v) is 6.20. The van der Waals surface area contributed by atoms with E-state index in [2.05, 4.69) is 12.2 Å². The van der Waals surface area contributed by atoms with E-state index in [-0.39, 0.29) is 11.4 Å². The Bertz CT molecular complexity index is 399. The first-order valence-electron chi connectivity index (χ1n) is 5.67. The summed E-state index contributed by atoms with van der Waals surface area (Å²) in [6.07, 6.45) is 2.87. The molecule has 3 heteroatoms. The molecule has 1 aliphatic rings. The van der Waals surface area contributed by atoms with E-state index < -0.39 is 0 Å². The van der Waals surface area contributed by atoms with Crippen molar-refractivity contribution in [2.24, 2.45) is 0 Å². The Morgan fingerprint density at radius 3 is 2.69 bits per heavy atom. The Morgan fingerprint density at radius 2 is 2.12 bits per heavy atom. The van der Waals surface area contributed by atoms with E-state index in [1.807, 2.05) is 24.3 Å². The second-order valence-corrected chi connectivity index (χ2v) is 4.65. The lowest BCUT2D eigenvalue weighted by Crippen LogP contribution is -2.38. The molecule has 0 aliphatic heterocycles. The van der Waals surface area contributed by atoms with Crippen LogP contribution in [-0.2, 0) is 6.42 Å². The minimum absolute atomic E-state index is 0.00981. The van der Waals surface area contributed by atoms with Gasteiger partial charge in [-0.15, -0.1) is 11.6 Å². The maximum Gasteiger partial charge on any atom is 0.252 e. The highest BCUT2D eigenvalue weighted by atomic mass is 35.5. The zero-order chi connectivity index (χ0) is 11.6. The molecule has 1 saturated carbocycles. The summed E-state index contributed by atoms with van der Waals surface area (Å²) in [5, 5.41) is 3.04. The fourth-order valence-corrected chi connectivity index (χ4v) is 2.14. The number of halogens is 1. The molecule has 0 bridgehead atoms. The molecule has 1 N–H and O–H groups in total. The SMILES string of the molecule is CCc1ccccc1C(=O)NC1(CCl)CC1. The summed E-state index contributed by atoms with van der Waals surface area (Å²) >= 11 is 5.85. The van der Waals surface area contributed by atoms with Crippen LogP contribution in [0.2, 0.25) is 0 Å². The number of alkyl halides is 1. The Labute approximate surface area is 101 Å². The van der Waals surface area contributed by atoms with Gasteiger partial charge in [0, 0.05) is 11.4 Å². The minimum Gasteiger partial charge on any atom is -0.345 e. The fourth-order valence-electron chi connectivity index (χ4n) is 1.80. The molecule has 86 valence electrons. The number of hydrogen-bond donors (Lipinski definition) is 1. The van der Waals surface area contributed by atoms with Gasteiger partial charge in [-0.25, -0.2) is 0 Å². The van der Waals surface area contributed by atoms with Gasteiger partial charge in [-0.3, -0.25) is 4.79 Å². The van der Waals surface area contributed by atoms with E-state index in [1.54, 1.807) is 0 Å². The van der Waals surface area contributed by atoms with E-state index >= 15 is 0 Å². The number of amides is 1. The van der Waals surface area contributed by atoms with Crippen molar-refractivity contribution < 1.29 is 4.79 Å². The molecular weight excluding hydrogens is 222 g/mol. The van der Waals surface area contributed by atoms with Crippen LogP contribution in [0.15, 0.2) is 24.3 Å². The standard InChI is InChI=1S/C13H16ClNO/c1-2-10-5-3-4-6-11(10)12(16)15-13(9-14)7-8-13/h3-6H,2,7-9H2,1H3,(H,15,16). The van der Waals surface area contributed by atoms with Crippen molar-refractivity contribution in [2.45, 2.75) is 31.7 Å². The normalized spacial score (nSPS) is 16.9. The van der Waals surface area contributed by atoms with Crippen molar-refractivity contribution >= 4 is 17.5 Å². The molecule has 0 aromatic heterocycles. The molecule has 1 aromatic carbocycles. The summed E-state index contributed by atoms with van der Waals surface area (Å²) in [6, 6.07) is 7.73. The van der Waals surface area contributed by atoms with E-state index in [1.165, 1.54) is 0 Å². The summed E-state index contributed by atoms with van der Waals surface area (Å²) in [5.41, 5.74) is 1.74. The molecule has 0 radical (unpaired) electrons. The second kappa shape index (κ2) is 4.46. The molecule has 0 heterocycles. The van der Waals surface area contributed by atoms with Gasteiger partial charge in [0.15, 0.2) is 0 Å². The van der Waals surface area contributed by atoms with Crippen LogP contribution in [0.4, 0.5) is 0 Å². The van der Waals surface area contributed by atoms with Crippen LogP contribution < -0.4 is 5.32 Å². The molecule has 2 rings (SSSR count). The minimum atomic E-state index is -0.126. The van der Waals surface area contributed by atoms with Crippen LogP contribution >= 0.6 is 11.6 Å². The Morgan fingerprint density at radius 1 is 1.44 bits per heavy atom. The van der Waals surface area contributed by atoms with Gasteiger partial charge in [-0.1, -0.05) is 25.1 Å². The van der Waals surface area contributed by atoms with E-state index in [4.69, 9.17) is 11.6 Å². The molecule has 0 atom stereocenters.